The largest absolute Gasteiger partial charge is 0.372 e. The monoisotopic (exact) mass is 172 g/mol. The summed E-state index contributed by atoms with van der Waals surface area (Å²) in [5, 5.41) is 9.07. The summed E-state index contributed by atoms with van der Waals surface area (Å²) in [6, 6.07) is 0. The number of hydrogen-bond acceptors (Lipinski definition) is 3. The van der Waals surface area contributed by atoms with Crippen LogP contribution in [0.3, 0.4) is 0 Å². The van der Waals surface area contributed by atoms with Gasteiger partial charge in [0.2, 0.25) is 0 Å². The fourth-order valence-corrected chi connectivity index (χ4v) is 0.276. The van der Waals surface area contributed by atoms with Gasteiger partial charge in [0.1, 0.15) is 5.60 Å². The minimum Gasteiger partial charge on any atom is -0.372 e. The first kappa shape index (κ1) is 11.0. The van der Waals surface area contributed by atoms with Crippen molar-refractivity contribution in [2.24, 2.45) is 21.1 Å². The lowest BCUT2D eigenvalue weighted by Crippen LogP contribution is -2.37. The molecule has 5 nitrogen and oxygen atoms in total. The quantitative estimate of drug-likeness (QED) is 0.515. The first-order valence-corrected chi connectivity index (χ1v) is 3.76. The van der Waals surface area contributed by atoms with Crippen LogP contribution in [0.4, 0.5) is 0 Å². The van der Waals surface area contributed by atoms with Crippen molar-refractivity contribution in [2.75, 3.05) is 0 Å². The van der Waals surface area contributed by atoms with Crippen molar-refractivity contribution < 1.29 is 4.84 Å². The summed E-state index contributed by atoms with van der Waals surface area (Å²) in [5.74, 6) is 0. The van der Waals surface area contributed by atoms with Crippen molar-refractivity contribution in [3.8, 4) is 0 Å². The van der Waals surface area contributed by atoms with Crippen molar-refractivity contribution in [2.45, 2.75) is 40.2 Å². The number of hydrogen-bond donors (Lipinski definition) is 1. The molecular formula is C7H16N4O. The van der Waals surface area contributed by atoms with Crippen LogP contribution in [0.25, 0.3) is 0 Å². The zero-order valence-corrected chi connectivity index (χ0v) is 8.25. The molecule has 0 aromatic carbocycles. The standard InChI is InChI=1S/C7H16N4O/c1-6(2,3)7(4,5)12-11-10-9-8/h8H,1-5H3. The number of nitrogens with zero attached hydrogens (tertiary/aromatic N) is 3. The van der Waals surface area contributed by atoms with Gasteiger partial charge >= 0.3 is 0 Å². The van der Waals surface area contributed by atoms with Gasteiger partial charge in [-0.25, -0.2) is 0 Å². The highest BCUT2D eigenvalue weighted by Crippen LogP contribution is 2.32. The first-order chi connectivity index (χ1) is 5.31. The number of rotatable bonds is 3. The normalized spacial score (nSPS) is 13.4. The van der Waals surface area contributed by atoms with Gasteiger partial charge in [0.25, 0.3) is 0 Å². The molecule has 0 saturated heterocycles. The summed E-state index contributed by atoms with van der Waals surface area (Å²) in [6.45, 7) is 9.95. The molecule has 1 N–H and O–H groups in total. The molecule has 0 bridgehead atoms. The Bertz CT molecular complexity index is 180. The Kier molecular flexibility index (Phi) is 3.30. The Balaban J connectivity index is 4.23. The van der Waals surface area contributed by atoms with E-state index in [4.69, 9.17) is 10.4 Å². The van der Waals surface area contributed by atoms with Crippen LogP contribution in [0.5, 0.6) is 0 Å². The summed E-state index contributed by atoms with van der Waals surface area (Å²) < 4.78 is 0. The van der Waals surface area contributed by atoms with E-state index in [1.807, 2.05) is 34.6 Å². The van der Waals surface area contributed by atoms with E-state index in [9.17, 15) is 0 Å². The van der Waals surface area contributed by atoms with Crippen LogP contribution < -0.4 is 0 Å². The third-order valence-electron chi connectivity index (χ3n) is 2.16. The molecule has 0 atom stereocenters. The van der Waals surface area contributed by atoms with Crippen molar-refractivity contribution in [1.29, 1.82) is 5.53 Å². The molecular weight excluding hydrogens is 156 g/mol. The Morgan fingerprint density at radius 3 is 1.92 bits per heavy atom. The molecule has 0 spiro atoms. The first-order valence-electron chi connectivity index (χ1n) is 3.76. The van der Waals surface area contributed by atoms with Gasteiger partial charge in [-0.3, -0.25) is 0 Å². The van der Waals surface area contributed by atoms with Crippen LogP contribution >= 0.6 is 0 Å². The second kappa shape index (κ2) is 3.60. The van der Waals surface area contributed by atoms with E-state index >= 15 is 0 Å². The number of nitrogens with one attached hydrogen (secondary N) is 1. The highest BCUT2D eigenvalue weighted by atomic mass is 16.7. The van der Waals surface area contributed by atoms with Crippen LogP contribution in [0.2, 0.25) is 0 Å². The van der Waals surface area contributed by atoms with Gasteiger partial charge in [-0.1, -0.05) is 20.8 Å². The molecule has 0 saturated carbocycles. The smallest absolute Gasteiger partial charge is 0.138 e. The Labute approximate surface area is 72.7 Å². The molecule has 5 heteroatoms. The maximum Gasteiger partial charge on any atom is 0.138 e. The molecule has 0 radical (unpaired) electrons. The van der Waals surface area contributed by atoms with E-state index in [-0.39, 0.29) is 5.41 Å². The fraction of sp³-hybridized carbons (Fsp3) is 1.00. The van der Waals surface area contributed by atoms with Gasteiger partial charge in [-0.15, -0.1) is 0 Å². The third-order valence-corrected chi connectivity index (χ3v) is 2.16. The highest BCUT2D eigenvalue weighted by Gasteiger charge is 2.35. The van der Waals surface area contributed by atoms with Crippen LogP contribution in [-0.2, 0) is 4.84 Å². The van der Waals surface area contributed by atoms with Crippen LogP contribution in [-0.4, -0.2) is 5.60 Å². The molecule has 0 fully saturated rings. The second-order valence-electron chi connectivity index (χ2n) is 4.12. The lowest BCUT2D eigenvalue weighted by Gasteiger charge is -2.35. The average molecular weight is 172 g/mol. The minimum absolute atomic E-state index is 0.0337. The van der Waals surface area contributed by atoms with Gasteiger partial charge in [-0.2, -0.15) is 5.53 Å². The van der Waals surface area contributed by atoms with Crippen molar-refractivity contribution in [3.05, 3.63) is 0 Å². The molecule has 0 aliphatic rings. The van der Waals surface area contributed by atoms with Crippen LogP contribution in [0.15, 0.2) is 15.7 Å². The zero-order valence-electron chi connectivity index (χ0n) is 8.25. The Morgan fingerprint density at radius 2 is 1.58 bits per heavy atom. The van der Waals surface area contributed by atoms with Gasteiger partial charge in [-0.05, 0) is 19.1 Å². The van der Waals surface area contributed by atoms with E-state index in [0.29, 0.717) is 0 Å². The predicted molar refractivity (Wildman–Crippen MR) is 44.6 cm³/mol. The molecule has 0 unspecified atom stereocenters. The van der Waals surface area contributed by atoms with Crippen molar-refractivity contribution >= 4 is 0 Å². The van der Waals surface area contributed by atoms with Crippen LogP contribution in [0, 0.1) is 10.9 Å². The fourth-order valence-electron chi connectivity index (χ4n) is 0.276. The summed E-state index contributed by atoms with van der Waals surface area (Å²) in [5.41, 5.74) is 5.90. The average Bonchev–Trinajstić information content (AvgIpc) is 1.85. The zero-order chi connectivity index (χ0) is 9.83. The van der Waals surface area contributed by atoms with Gasteiger partial charge in [0, 0.05) is 15.9 Å². The van der Waals surface area contributed by atoms with E-state index in [1.54, 1.807) is 0 Å². The molecule has 0 heterocycles. The molecule has 0 aromatic rings. The predicted octanol–water partition coefficient (Wildman–Crippen LogP) is 3.14. The summed E-state index contributed by atoms with van der Waals surface area (Å²) >= 11 is 0. The molecule has 0 rings (SSSR count). The molecule has 12 heavy (non-hydrogen) atoms. The highest BCUT2D eigenvalue weighted by molar-refractivity contribution is 4.82. The lowest BCUT2D eigenvalue weighted by atomic mass is 9.79. The second-order valence-corrected chi connectivity index (χ2v) is 4.12. The van der Waals surface area contributed by atoms with Gasteiger partial charge in [0.05, 0.1) is 0 Å². The lowest BCUT2D eigenvalue weighted by molar-refractivity contribution is -0.0986. The maximum absolute atomic E-state index is 6.35. The minimum atomic E-state index is -0.415. The molecule has 0 aliphatic carbocycles. The SMILES string of the molecule is CC(C)(C)C(C)(C)ON=NN=N. The van der Waals surface area contributed by atoms with Gasteiger partial charge < -0.3 is 4.84 Å². The van der Waals surface area contributed by atoms with Crippen molar-refractivity contribution in [3.63, 3.8) is 0 Å². The molecule has 0 amide bonds. The summed E-state index contributed by atoms with van der Waals surface area (Å²) in [6.07, 6.45) is 0. The Morgan fingerprint density at radius 1 is 1.08 bits per heavy atom. The van der Waals surface area contributed by atoms with E-state index in [0.717, 1.165) is 0 Å². The summed E-state index contributed by atoms with van der Waals surface area (Å²) in [4.78, 5) is 5.08. The third kappa shape index (κ3) is 2.94. The van der Waals surface area contributed by atoms with Gasteiger partial charge in [0.15, 0.2) is 0 Å². The molecule has 0 aromatic heterocycles. The summed E-state index contributed by atoms with van der Waals surface area (Å²) in [7, 11) is 0. The van der Waals surface area contributed by atoms with E-state index in [2.05, 4.69) is 15.7 Å². The van der Waals surface area contributed by atoms with E-state index < -0.39 is 5.60 Å². The van der Waals surface area contributed by atoms with E-state index in [1.165, 1.54) is 0 Å². The van der Waals surface area contributed by atoms with Crippen LogP contribution in [0.1, 0.15) is 34.6 Å². The Hall–Kier alpha value is -1.00. The van der Waals surface area contributed by atoms with Crippen molar-refractivity contribution in [1.82, 2.24) is 0 Å². The molecule has 0 aliphatic heterocycles. The maximum atomic E-state index is 6.35. The molecule has 70 valence electrons. The topological polar surface area (TPSA) is 70.2 Å².